The van der Waals surface area contributed by atoms with Gasteiger partial charge in [0, 0.05) is 11.8 Å². The highest BCUT2D eigenvalue weighted by molar-refractivity contribution is 5.85. The van der Waals surface area contributed by atoms with Crippen LogP contribution in [0.3, 0.4) is 0 Å². The molecule has 0 saturated heterocycles. The topological polar surface area (TPSA) is 17.1 Å². The van der Waals surface area contributed by atoms with Gasteiger partial charge in [-0.15, -0.1) is 0 Å². The number of benzene rings is 1. The van der Waals surface area contributed by atoms with E-state index in [1.165, 1.54) is 5.56 Å². The molecule has 2 rings (SSSR count). The van der Waals surface area contributed by atoms with E-state index in [1.807, 2.05) is 18.2 Å². The minimum Gasteiger partial charge on any atom is -0.299 e. The highest BCUT2D eigenvalue weighted by Gasteiger charge is 2.36. The van der Waals surface area contributed by atoms with E-state index >= 15 is 0 Å². The zero-order valence-corrected chi connectivity index (χ0v) is 11.4. The molecule has 1 nitrogen and oxygen atoms in total. The number of carbonyl (C=O) groups excluding carboxylic acids is 1. The molecule has 0 aliphatic heterocycles. The summed E-state index contributed by atoms with van der Waals surface area (Å²) in [7, 11) is 0. The summed E-state index contributed by atoms with van der Waals surface area (Å²) in [6, 6.07) is 10.3. The zero-order valence-electron chi connectivity index (χ0n) is 11.4. The third-order valence-electron chi connectivity index (χ3n) is 4.33. The molecule has 2 unspecified atom stereocenters. The third kappa shape index (κ3) is 2.90. The maximum absolute atomic E-state index is 12.1. The van der Waals surface area contributed by atoms with Crippen molar-refractivity contribution in [2.75, 3.05) is 0 Å². The van der Waals surface area contributed by atoms with Crippen molar-refractivity contribution in [1.29, 1.82) is 0 Å². The van der Waals surface area contributed by atoms with Crippen molar-refractivity contribution in [1.82, 2.24) is 0 Å². The summed E-state index contributed by atoms with van der Waals surface area (Å²) >= 11 is 0. The Labute approximate surface area is 110 Å². The number of hydrogen-bond donors (Lipinski definition) is 0. The summed E-state index contributed by atoms with van der Waals surface area (Å²) in [5.41, 5.74) is 1.16. The first-order chi connectivity index (χ1) is 8.64. The van der Waals surface area contributed by atoms with Crippen LogP contribution in [0.1, 0.15) is 45.1 Å². The van der Waals surface area contributed by atoms with Crippen molar-refractivity contribution in [3.8, 4) is 0 Å². The van der Waals surface area contributed by atoms with Gasteiger partial charge < -0.3 is 0 Å². The lowest BCUT2D eigenvalue weighted by molar-refractivity contribution is -0.131. The number of hydrogen-bond acceptors (Lipinski definition) is 1. The van der Waals surface area contributed by atoms with Crippen LogP contribution in [0.15, 0.2) is 36.4 Å². The number of allylic oxidation sites excluding steroid dienone is 1. The van der Waals surface area contributed by atoms with E-state index in [0.717, 1.165) is 19.3 Å². The van der Waals surface area contributed by atoms with Crippen molar-refractivity contribution in [2.24, 2.45) is 11.3 Å². The third-order valence-corrected chi connectivity index (χ3v) is 4.33. The molecule has 0 aromatic heterocycles. The van der Waals surface area contributed by atoms with Crippen molar-refractivity contribution < 1.29 is 4.79 Å². The van der Waals surface area contributed by atoms with Gasteiger partial charge in [0.1, 0.15) is 5.78 Å². The van der Waals surface area contributed by atoms with Gasteiger partial charge >= 0.3 is 0 Å². The van der Waals surface area contributed by atoms with Crippen LogP contribution in [0, 0.1) is 11.3 Å². The molecule has 0 amide bonds. The highest BCUT2D eigenvalue weighted by Crippen LogP contribution is 2.38. The lowest BCUT2D eigenvalue weighted by atomic mass is 9.69. The average Bonchev–Trinajstić information content (AvgIpc) is 2.41. The first-order valence-corrected chi connectivity index (χ1v) is 6.90. The predicted octanol–water partition coefficient (Wildman–Crippen LogP) is 4.49. The first-order valence-electron chi connectivity index (χ1n) is 6.90. The molecule has 1 fully saturated rings. The molecular formula is C17H22O. The van der Waals surface area contributed by atoms with E-state index in [4.69, 9.17) is 0 Å². The van der Waals surface area contributed by atoms with Gasteiger partial charge in [0.05, 0.1) is 0 Å². The summed E-state index contributed by atoms with van der Waals surface area (Å²) in [6.07, 6.45) is 8.22. The van der Waals surface area contributed by atoms with Gasteiger partial charge in [-0.25, -0.2) is 0 Å². The first kappa shape index (κ1) is 13.1. The Morgan fingerprint density at radius 1 is 1.33 bits per heavy atom. The Hall–Kier alpha value is -1.37. The van der Waals surface area contributed by atoms with Gasteiger partial charge in [0.2, 0.25) is 0 Å². The van der Waals surface area contributed by atoms with E-state index in [1.54, 1.807) is 0 Å². The van der Waals surface area contributed by atoms with Gasteiger partial charge in [0.25, 0.3) is 0 Å². The van der Waals surface area contributed by atoms with E-state index < -0.39 is 0 Å². The highest BCUT2D eigenvalue weighted by atomic mass is 16.1. The maximum atomic E-state index is 12.1. The SMILES string of the molecule is CCC1(C)CCC(/C=C/c2ccccc2)CC1=O. The summed E-state index contributed by atoms with van der Waals surface area (Å²) in [5, 5.41) is 0. The second kappa shape index (κ2) is 5.51. The van der Waals surface area contributed by atoms with Crippen LogP contribution in [-0.2, 0) is 4.79 Å². The smallest absolute Gasteiger partial charge is 0.139 e. The number of Topliss-reactive ketones (excluding diaryl/α,β-unsaturated/α-hetero) is 1. The molecule has 0 heterocycles. The van der Waals surface area contributed by atoms with E-state index in [9.17, 15) is 4.79 Å². The van der Waals surface area contributed by atoms with Gasteiger partial charge in [-0.3, -0.25) is 4.79 Å². The molecule has 96 valence electrons. The summed E-state index contributed by atoms with van der Waals surface area (Å²) in [5.74, 6) is 0.872. The van der Waals surface area contributed by atoms with Crippen LogP contribution in [0.25, 0.3) is 6.08 Å². The molecule has 0 radical (unpaired) electrons. The molecule has 1 heteroatoms. The number of carbonyl (C=O) groups is 1. The second-order valence-corrected chi connectivity index (χ2v) is 5.61. The molecule has 18 heavy (non-hydrogen) atoms. The van der Waals surface area contributed by atoms with Gasteiger partial charge in [-0.1, -0.05) is 56.3 Å². The molecule has 1 aliphatic carbocycles. The fourth-order valence-corrected chi connectivity index (χ4v) is 2.58. The van der Waals surface area contributed by atoms with E-state index in [-0.39, 0.29) is 5.41 Å². The number of ketones is 1. The summed E-state index contributed by atoms with van der Waals surface area (Å²) in [4.78, 5) is 12.1. The Balaban J connectivity index is 1.98. The molecular weight excluding hydrogens is 220 g/mol. The lowest BCUT2D eigenvalue weighted by Crippen LogP contribution is -2.33. The fraction of sp³-hybridized carbons (Fsp3) is 0.471. The lowest BCUT2D eigenvalue weighted by Gasteiger charge is -2.34. The Morgan fingerprint density at radius 2 is 2.06 bits per heavy atom. The fourth-order valence-electron chi connectivity index (χ4n) is 2.58. The Bertz CT molecular complexity index is 432. The minimum absolute atomic E-state index is 0.0584. The maximum Gasteiger partial charge on any atom is 0.139 e. The summed E-state index contributed by atoms with van der Waals surface area (Å²) < 4.78 is 0. The van der Waals surface area contributed by atoms with Crippen molar-refractivity contribution >= 4 is 11.9 Å². The molecule has 0 bridgehead atoms. The Morgan fingerprint density at radius 3 is 2.67 bits per heavy atom. The van der Waals surface area contributed by atoms with Gasteiger partial charge in [0.15, 0.2) is 0 Å². The molecule has 0 spiro atoms. The number of rotatable bonds is 3. The molecule has 0 N–H and O–H groups in total. The molecule has 1 aliphatic rings. The second-order valence-electron chi connectivity index (χ2n) is 5.61. The average molecular weight is 242 g/mol. The van der Waals surface area contributed by atoms with E-state index in [2.05, 4.69) is 38.1 Å². The molecule has 1 aromatic rings. The van der Waals surface area contributed by atoms with Crippen LogP contribution in [0.2, 0.25) is 0 Å². The summed E-state index contributed by atoms with van der Waals surface area (Å²) in [6.45, 7) is 4.24. The van der Waals surface area contributed by atoms with Crippen LogP contribution < -0.4 is 0 Å². The van der Waals surface area contributed by atoms with E-state index in [0.29, 0.717) is 18.1 Å². The van der Waals surface area contributed by atoms with Crippen molar-refractivity contribution in [3.63, 3.8) is 0 Å². The molecule has 1 saturated carbocycles. The molecule has 1 aromatic carbocycles. The largest absolute Gasteiger partial charge is 0.299 e. The minimum atomic E-state index is -0.0584. The zero-order chi connectivity index (χ0) is 13.0. The monoisotopic (exact) mass is 242 g/mol. The van der Waals surface area contributed by atoms with Crippen molar-refractivity contribution in [3.05, 3.63) is 42.0 Å². The van der Waals surface area contributed by atoms with Gasteiger partial charge in [-0.05, 0) is 30.7 Å². The van der Waals surface area contributed by atoms with Crippen LogP contribution in [0.4, 0.5) is 0 Å². The normalized spacial score (nSPS) is 28.8. The predicted molar refractivity (Wildman–Crippen MR) is 76.2 cm³/mol. The van der Waals surface area contributed by atoms with Crippen LogP contribution >= 0.6 is 0 Å². The van der Waals surface area contributed by atoms with Crippen molar-refractivity contribution in [2.45, 2.75) is 39.5 Å². The van der Waals surface area contributed by atoms with Gasteiger partial charge in [-0.2, -0.15) is 0 Å². The Kier molecular flexibility index (Phi) is 4.00. The standard InChI is InChI=1S/C17H22O/c1-3-17(2)12-11-15(13-16(17)18)10-9-14-7-5-4-6-8-14/h4-10,15H,3,11-13H2,1-2H3/b10-9+. The quantitative estimate of drug-likeness (QED) is 0.763. The van der Waals surface area contributed by atoms with Crippen LogP contribution in [-0.4, -0.2) is 5.78 Å². The van der Waals surface area contributed by atoms with Crippen LogP contribution in [0.5, 0.6) is 0 Å². The molecule has 2 atom stereocenters.